The van der Waals surface area contributed by atoms with Gasteiger partial charge in [-0.2, -0.15) is 0 Å². The van der Waals surface area contributed by atoms with Gasteiger partial charge in [0.1, 0.15) is 5.15 Å². The molecule has 1 aromatic rings. The van der Waals surface area contributed by atoms with Crippen molar-refractivity contribution in [3.05, 3.63) is 28.5 Å². The van der Waals surface area contributed by atoms with Gasteiger partial charge >= 0.3 is 0 Å². The maximum Gasteiger partial charge on any atom is 0.129 e. The Morgan fingerprint density at radius 3 is 2.77 bits per heavy atom. The molecule has 1 aromatic heterocycles. The highest BCUT2D eigenvalue weighted by Gasteiger charge is 2.40. The first-order chi connectivity index (χ1) is 6.07. The number of pyridine rings is 1. The summed E-state index contributed by atoms with van der Waals surface area (Å²) in [5, 5.41) is 10.2. The third-order valence-corrected chi connectivity index (χ3v) is 2.54. The Morgan fingerprint density at radius 2 is 2.23 bits per heavy atom. The first-order valence-corrected chi connectivity index (χ1v) is 4.81. The van der Waals surface area contributed by atoms with Crippen LogP contribution >= 0.6 is 11.6 Å². The summed E-state index contributed by atoms with van der Waals surface area (Å²) < 4.78 is 0. The van der Waals surface area contributed by atoms with E-state index >= 15 is 0 Å². The average Bonchev–Trinajstić information content (AvgIpc) is 2.64. The molecule has 1 N–H and O–H groups in total. The number of hydrogen-bond donors (Lipinski definition) is 1. The Bertz CT molecular complexity index is 313. The standard InChI is InChI=1S/C10H12ClNO/c1-7-4-8(5-9(11)12-7)6-10(13)2-3-10/h4-5,13H,2-3,6H2,1H3. The van der Waals surface area contributed by atoms with Crippen molar-refractivity contribution in [2.45, 2.75) is 31.8 Å². The lowest BCUT2D eigenvalue weighted by Crippen LogP contribution is -2.10. The molecular formula is C10H12ClNO. The van der Waals surface area contributed by atoms with Gasteiger partial charge in [-0.3, -0.25) is 0 Å². The van der Waals surface area contributed by atoms with Gasteiger partial charge < -0.3 is 5.11 Å². The zero-order valence-corrected chi connectivity index (χ0v) is 8.30. The molecule has 1 aliphatic carbocycles. The number of aliphatic hydroxyl groups is 1. The zero-order valence-electron chi connectivity index (χ0n) is 7.55. The van der Waals surface area contributed by atoms with E-state index < -0.39 is 5.60 Å². The van der Waals surface area contributed by atoms with Gasteiger partial charge in [0.25, 0.3) is 0 Å². The lowest BCUT2D eigenvalue weighted by Gasteiger charge is -2.07. The molecular weight excluding hydrogens is 186 g/mol. The fourth-order valence-electron chi connectivity index (χ4n) is 1.50. The molecule has 70 valence electrons. The van der Waals surface area contributed by atoms with Crippen molar-refractivity contribution in [2.75, 3.05) is 0 Å². The molecule has 1 fully saturated rings. The number of aromatic nitrogens is 1. The highest BCUT2D eigenvalue weighted by Crippen LogP contribution is 2.38. The SMILES string of the molecule is Cc1cc(CC2(O)CC2)cc(Cl)n1. The van der Waals surface area contributed by atoms with Gasteiger partial charge in [0.2, 0.25) is 0 Å². The summed E-state index contributed by atoms with van der Waals surface area (Å²) in [4.78, 5) is 4.07. The van der Waals surface area contributed by atoms with Gasteiger partial charge in [-0.05, 0) is 37.5 Å². The highest BCUT2D eigenvalue weighted by atomic mass is 35.5. The quantitative estimate of drug-likeness (QED) is 0.737. The van der Waals surface area contributed by atoms with Crippen molar-refractivity contribution in [1.82, 2.24) is 4.98 Å². The Balaban J connectivity index is 2.20. The second kappa shape index (κ2) is 2.96. The Kier molecular flexibility index (Phi) is 2.05. The number of rotatable bonds is 2. The van der Waals surface area contributed by atoms with E-state index in [9.17, 15) is 5.11 Å². The molecule has 0 aliphatic heterocycles. The normalized spacial score (nSPS) is 18.7. The predicted octanol–water partition coefficient (Wildman–Crippen LogP) is 2.11. The van der Waals surface area contributed by atoms with Crippen molar-refractivity contribution in [1.29, 1.82) is 0 Å². The minimum atomic E-state index is -0.447. The van der Waals surface area contributed by atoms with E-state index in [2.05, 4.69) is 4.98 Å². The van der Waals surface area contributed by atoms with Crippen LogP contribution in [0.1, 0.15) is 24.1 Å². The average molecular weight is 198 g/mol. The molecule has 1 aliphatic rings. The maximum absolute atomic E-state index is 9.70. The highest BCUT2D eigenvalue weighted by molar-refractivity contribution is 6.29. The predicted molar refractivity (Wildman–Crippen MR) is 51.9 cm³/mol. The van der Waals surface area contributed by atoms with E-state index in [1.807, 2.05) is 19.1 Å². The minimum absolute atomic E-state index is 0.447. The molecule has 1 saturated carbocycles. The van der Waals surface area contributed by atoms with Crippen LogP contribution in [0.5, 0.6) is 0 Å². The zero-order chi connectivity index (χ0) is 9.47. The molecule has 0 saturated heterocycles. The molecule has 0 bridgehead atoms. The molecule has 13 heavy (non-hydrogen) atoms. The molecule has 3 heteroatoms. The van der Waals surface area contributed by atoms with Crippen LogP contribution in [0, 0.1) is 6.92 Å². The fraction of sp³-hybridized carbons (Fsp3) is 0.500. The molecule has 0 unspecified atom stereocenters. The molecule has 2 nitrogen and oxygen atoms in total. The van der Waals surface area contributed by atoms with E-state index in [-0.39, 0.29) is 0 Å². The van der Waals surface area contributed by atoms with Crippen LogP contribution in [0.15, 0.2) is 12.1 Å². The number of nitrogens with zero attached hydrogens (tertiary/aromatic N) is 1. The van der Waals surface area contributed by atoms with Crippen molar-refractivity contribution < 1.29 is 5.11 Å². The Morgan fingerprint density at radius 1 is 1.54 bits per heavy atom. The lowest BCUT2D eigenvalue weighted by atomic mass is 10.1. The van der Waals surface area contributed by atoms with E-state index in [1.54, 1.807) is 0 Å². The Hall–Kier alpha value is -0.600. The number of halogens is 1. The lowest BCUT2D eigenvalue weighted by molar-refractivity contribution is 0.151. The third kappa shape index (κ3) is 2.20. The van der Waals surface area contributed by atoms with Gasteiger partial charge in [0.05, 0.1) is 5.60 Å². The van der Waals surface area contributed by atoms with E-state index in [4.69, 9.17) is 11.6 Å². The number of hydrogen-bond acceptors (Lipinski definition) is 2. The summed E-state index contributed by atoms with van der Waals surface area (Å²) in [6.07, 6.45) is 2.52. The van der Waals surface area contributed by atoms with Crippen LogP contribution in [0.2, 0.25) is 5.15 Å². The van der Waals surface area contributed by atoms with E-state index in [0.29, 0.717) is 11.6 Å². The summed E-state index contributed by atoms with van der Waals surface area (Å²) >= 11 is 5.81. The van der Waals surface area contributed by atoms with Crippen molar-refractivity contribution in [3.63, 3.8) is 0 Å². The van der Waals surface area contributed by atoms with Gasteiger partial charge in [-0.25, -0.2) is 4.98 Å². The molecule has 2 rings (SSSR count). The first-order valence-electron chi connectivity index (χ1n) is 4.43. The Labute approximate surface area is 82.6 Å². The van der Waals surface area contributed by atoms with Crippen LogP contribution in [0.4, 0.5) is 0 Å². The first kappa shape index (κ1) is 8.97. The van der Waals surface area contributed by atoms with Crippen LogP contribution in [-0.4, -0.2) is 15.7 Å². The van der Waals surface area contributed by atoms with Crippen molar-refractivity contribution in [3.8, 4) is 0 Å². The molecule has 0 aromatic carbocycles. The number of aryl methyl sites for hydroxylation is 1. The fourth-order valence-corrected chi connectivity index (χ4v) is 1.77. The van der Waals surface area contributed by atoms with Gasteiger partial charge in [-0.15, -0.1) is 0 Å². The van der Waals surface area contributed by atoms with Crippen molar-refractivity contribution >= 4 is 11.6 Å². The second-order valence-corrected chi connectivity index (χ2v) is 4.23. The van der Waals surface area contributed by atoms with Crippen LogP contribution in [-0.2, 0) is 6.42 Å². The summed E-state index contributed by atoms with van der Waals surface area (Å²) in [7, 11) is 0. The molecule has 0 atom stereocenters. The smallest absolute Gasteiger partial charge is 0.129 e. The minimum Gasteiger partial charge on any atom is -0.390 e. The maximum atomic E-state index is 9.70. The van der Waals surface area contributed by atoms with Crippen LogP contribution < -0.4 is 0 Å². The molecule has 0 radical (unpaired) electrons. The summed E-state index contributed by atoms with van der Waals surface area (Å²) in [6, 6.07) is 3.80. The second-order valence-electron chi connectivity index (χ2n) is 3.84. The van der Waals surface area contributed by atoms with Crippen molar-refractivity contribution in [2.24, 2.45) is 0 Å². The molecule has 1 heterocycles. The molecule has 0 spiro atoms. The largest absolute Gasteiger partial charge is 0.390 e. The third-order valence-electron chi connectivity index (χ3n) is 2.34. The van der Waals surface area contributed by atoms with Crippen LogP contribution in [0.3, 0.4) is 0 Å². The van der Waals surface area contributed by atoms with Gasteiger partial charge in [0.15, 0.2) is 0 Å². The van der Waals surface area contributed by atoms with E-state index in [1.165, 1.54) is 0 Å². The summed E-state index contributed by atoms with van der Waals surface area (Å²) in [5.41, 5.74) is 1.54. The monoisotopic (exact) mass is 197 g/mol. The molecule has 0 amide bonds. The summed E-state index contributed by atoms with van der Waals surface area (Å²) in [6.45, 7) is 1.91. The van der Waals surface area contributed by atoms with Gasteiger partial charge in [-0.1, -0.05) is 11.6 Å². The summed E-state index contributed by atoms with van der Waals surface area (Å²) in [5.74, 6) is 0. The van der Waals surface area contributed by atoms with E-state index in [0.717, 1.165) is 24.1 Å². The topological polar surface area (TPSA) is 33.1 Å². The van der Waals surface area contributed by atoms with Gasteiger partial charge in [0, 0.05) is 12.1 Å². The van der Waals surface area contributed by atoms with Crippen LogP contribution in [0.25, 0.3) is 0 Å².